The fourth-order valence-electron chi connectivity index (χ4n) is 12.4. The van der Waals surface area contributed by atoms with Crippen molar-refractivity contribution in [2.24, 2.45) is 33.5 Å². The summed E-state index contributed by atoms with van der Waals surface area (Å²) in [6.07, 6.45) is 11.2. The van der Waals surface area contributed by atoms with Gasteiger partial charge in [-0.15, -0.1) is 0 Å². The van der Waals surface area contributed by atoms with Gasteiger partial charge in [-0.05, 0) is 73.8 Å². The lowest BCUT2D eigenvalue weighted by Gasteiger charge is -2.71. The van der Waals surface area contributed by atoms with Gasteiger partial charge in [0, 0.05) is 58.6 Å². The summed E-state index contributed by atoms with van der Waals surface area (Å²) < 4.78 is 17.3. The number of carbonyl (C=O) groups excluding carboxylic acids is 1. The van der Waals surface area contributed by atoms with E-state index in [-0.39, 0.29) is 35.1 Å². The maximum Gasteiger partial charge on any atom is 0.189 e. The number of Topliss-reactive ketones (excluding diaryl/α,β-unsaturated/α-hetero) is 1. The normalized spacial score (nSPS) is 34.6. The van der Waals surface area contributed by atoms with Crippen molar-refractivity contribution < 1.29 is 34.3 Å². The van der Waals surface area contributed by atoms with Gasteiger partial charge in [0.2, 0.25) is 0 Å². The van der Waals surface area contributed by atoms with Gasteiger partial charge in [0.25, 0.3) is 0 Å². The van der Waals surface area contributed by atoms with E-state index in [0.29, 0.717) is 56.1 Å². The molecule has 3 fully saturated rings. The van der Waals surface area contributed by atoms with E-state index in [0.717, 1.165) is 48.8 Å². The second-order valence-electron chi connectivity index (χ2n) is 18.0. The predicted molar refractivity (Wildman–Crippen MR) is 216 cm³/mol. The molecule has 8 nitrogen and oxygen atoms in total. The monoisotopic (exact) mass is 761 g/mol. The third-order valence-electron chi connectivity index (χ3n) is 15.3. The zero-order chi connectivity index (χ0) is 39.3. The third kappa shape index (κ3) is 6.27. The molecular formula is C48H59NO7. The van der Waals surface area contributed by atoms with Gasteiger partial charge in [0.05, 0.1) is 45.2 Å². The molecule has 0 heterocycles. The van der Waals surface area contributed by atoms with E-state index in [1.54, 1.807) is 14.2 Å². The van der Waals surface area contributed by atoms with Crippen molar-refractivity contribution in [3.05, 3.63) is 119 Å². The van der Waals surface area contributed by atoms with Crippen LogP contribution in [0.25, 0.3) is 0 Å². The van der Waals surface area contributed by atoms with E-state index >= 15 is 0 Å². The van der Waals surface area contributed by atoms with Crippen molar-refractivity contribution in [1.29, 1.82) is 0 Å². The summed E-state index contributed by atoms with van der Waals surface area (Å²) in [4.78, 5) is 17.0. The van der Waals surface area contributed by atoms with Crippen LogP contribution < -0.4 is 9.47 Å². The van der Waals surface area contributed by atoms with Gasteiger partial charge in [0.15, 0.2) is 5.78 Å². The van der Waals surface area contributed by atoms with Crippen LogP contribution in [0, 0.1) is 33.5 Å². The van der Waals surface area contributed by atoms with Gasteiger partial charge in [-0.25, -0.2) is 0 Å². The standard InChI is InChI=1S/C48H59NO7/c1-44-20-17-36(50)26-46(44)23-24-48(39(27-46)43(52)34-13-9-6-10-14-34)41(44)18-21-45(2)42(48)19-22-47(45,53)32-49(28-35-15-16-38(54-3)25-40(35)55-4)29-37(51)31-56-30-33-11-7-5-8-12-33/h5-16,23-25,27,36-37,41-42,50-51,53H,17-22,26,28-32H2,1-4H3. The summed E-state index contributed by atoms with van der Waals surface area (Å²) in [7, 11) is 3.28. The Bertz CT molecular complexity index is 1970. The fourth-order valence-corrected chi connectivity index (χ4v) is 12.4. The van der Waals surface area contributed by atoms with E-state index in [2.05, 4.69) is 37.0 Å². The molecule has 6 aliphatic carbocycles. The number of aliphatic hydroxyl groups excluding tert-OH is 2. The summed E-state index contributed by atoms with van der Waals surface area (Å²) in [5.41, 5.74) is 0.854. The molecule has 6 aliphatic rings. The molecular weight excluding hydrogens is 703 g/mol. The number of hydrogen-bond donors (Lipinski definition) is 3. The lowest BCUT2D eigenvalue weighted by molar-refractivity contribution is -0.177. The smallest absolute Gasteiger partial charge is 0.189 e. The first-order valence-corrected chi connectivity index (χ1v) is 20.6. The summed E-state index contributed by atoms with van der Waals surface area (Å²) >= 11 is 0. The van der Waals surface area contributed by atoms with E-state index in [9.17, 15) is 20.1 Å². The maximum atomic E-state index is 14.8. The molecule has 2 spiro atoms. The first kappa shape index (κ1) is 39.1. The molecule has 0 amide bonds. The Morgan fingerprint density at radius 2 is 1.57 bits per heavy atom. The summed E-state index contributed by atoms with van der Waals surface area (Å²) in [5, 5.41) is 35.8. The van der Waals surface area contributed by atoms with Gasteiger partial charge in [-0.1, -0.05) is 98.8 Å². The number of rotatable bonds is 14. The molecule has 3 N–H and O–H groups in total. The zero-order valence-corrected chi connectivity index (χ0v) is 33.5. The van der Waals surface area contributed by atoms with Crippen LogP contribution >= 0.6 is 0 Å². The van der Waals surface area contributed by atoms with Crippen LogP contribution in [-0.4, -0.2) is 77.7 Å². The molecule has 298 valence electrons. The van der Waals surface area contributed by atoms with Crippen LogP contribution in [-0.2, 0) is 17.9 Å². The van der Waals surface area contributed by atoms with Crippen LogP contribution in [0.3, 0.4) is 0 Å². The average Bonchev–Trinajstić information content (AvgIpc) is 3.47. The van der Waals surface area contributed by atoms with Crippen molar-refractivity contribution >= 4 is 5.78 Å². The van der Waals surface area contributed by atoms with Gasteiger partial charge in [0.1, 0.15) is 11.5 Å². The van der Waals surface area contributed by atoms with Gasteiger partial charge in [-0.3, -0.25) is 9.69 Å². The molecule has 9 rings (SSSR count). The summed E-state index contributed by atoms with van der Waals surface area (Å²) in [6, 6.07) is 25.4. The average molecular weight is 762 g/mol. The maximum absolute atomic E-state index is 14.8. The molecule has 2 bridgehead atoms. The van der Waals surface area contributed by atoms with Crippen molar-refractivity contribution in [3.8, 4) is 11.5 Å². The van der Waals surface area contributed by atoms with Crippen LogP contribution in [0.1, 0.15) is 80.3 Å². The molecule has 0 aliphatic heterocycles. The van der Waals surface area contributed by atoms with Gasteiger partial charge < -0.3 is 29.5 Å². The Kier molecular flexibility index (Phi) is 10.4. The number of ether oxygens (including phenoxy) is 3. The van der Waals surface area contributed by atoms with Crippen LogP contribution in [0.15, 0.2) is 103 Å². The fraction of sp³-hybridized carbons (Fsp3) is 0.521. The Morgan fingerprint density at radius 3 is 2.30 bits per heavy atom. The number of methoxy groups -OCH3 is 2. The summed E-state index contributed by atoms with van der Waals surface area (Å²) in [6.45, 7) is 6.32. The third-order valence-corrected chi connectivity index (χ3v) is 15.3. The molecule has 3 aromatic carbocycles. The minimum Gasteiger partial charge on any atom is -0.497 e. The first-order chi connectivity index (χ1) is 26.9. The Hall–Kier alpha value is -3.79. The first-order valence-electron chi connectivity index (χ1n) is 20.6. The number of carbonyl (C=O) groups is 1. The SMILES string of the molecule is COc1ccc(CN(CC(O)COCc2ccccc2)CC2(O)CCC3C45C=CC6(C=C4C(=O)c4ccccc4)CC(O)CCC6(C)C5CCC32C)c(OC)c1. The topological polar surface area (TPSA) is 109 Å². The number of fused-ring (bicyclic) bond motifs is 1. The number of ketones is 1. The second-order valence-corrected chi connectivity index (χ2v) is 18.0. The highest BCUT2D eigenvalue weighted by Gasteiger charge is 2.74. The minimum absolute atomic E-state index is 0.0207. The van der Waals surface area contributed by atoms with E-state index in [1.165, 1.54) is 0 Å². The number of allylic oxidation sites excluding steroid dienone is 4. The predicted octanol–water partition coefficient (Wildman–Crippen LogP) is 7.56. The van der Waals surface area contributed by atoms with Crippen LogP contribution in [0.4, 0.5) is 0 Å². The van der Waals surface area contributed by atoms with Crippen LogP contribution in [0.2, 0.25) is 0 Å². The number of aliphatic hydroxyl groups is 3. The molecule has 3 aromatic rings. The van der Waals surface area contributed by atoms with E-state index in [1.807, 2.05) is 78.9 Å². The molecule has 9 unspecified atom stereocenters. The lowest BCUT2D eigenvalue weighted by Crippen LogP contribution is -2.67. The van der Waals surface area contributed by atoms with Crippen LogP contribution in [0.5, 0.6) is 11.5 Å². The number of hydrogen-bond acceptors (Lipinski definition) is 8. The molecule has 0 saturated heterocycles. The minimum atomic E-state index is -1.11. The highest BCUT2D eigenvalue weighted by Crippen LogP contribution is 2.78. The summed E-state index contributed by atoms with van der Waals surface area (Å²) in [5.74, 6) is 1.67. The number of nitrogens with zero attached hydrogens (tertiary/aromatic N) is 1. The zero-order valence-electron chi connectivity index (χ0n) is 33.5. The molecule has 3 saturated carbocycles. The molecule has 0 radical (unpaired) electrons. The van der Waals surface area contributed by atoms with Crippen molar-refractivity contribution in [2.45, 2.75) is 89.8 Å². The lowest BCUT2D eigenvalue weighted by atomic mass is 9.32. The Morgan fingerprint density at radius 1 is 0.875 bits per heavy atom. The highest BCUT2D eigenvalue weighted by molar-refractivity contribution is 6.10. The van der Waals surface area contributed by atoms with Gasteiger partial charge in [-0.2, -0.15) is 0 Å². The molecule has 9 atom stereocenters. The Balaban J connectivity index is 1.13. The largest absolute Gasteiger partial charge is 0.497 e. The van der Waals surface area contributed by atoms with Crippen molar-refractivity contribution in [1.82, 2.24) is 4.90 Å². The number of benzene rings is 3. The van der Waals surface area contributed by atoms with E-state index in [4.69, 9.17) is 14.2 Å². The second kappa shape index (κ2) is 14.9. The molecule has 0 aromatic heterocycles. The van der Waals surface area contributed by atoms with Crippen molar-refractivity contribution in [2.75, 3.05) is 33.9 Å². The molecule has 56 heavy (non-hydrogen) atoms. The van der Waals surface area contributed by atoms with Gasteiger partial charge >= 0.3 is 0 Å². The highest BCUT2D eigenvalue weighted by atomic mass is 16.5. The molecule has 8 heteroatoms. The van der Waals surface area contributed by atoms with E-state index < -0.39 is 28.6 Å². The Labute approximate surface area is 332 Å². The van der Waals surface area contributed by atoms with Crippen molar-refractivity contribution in [3.63, 3.8) is 0 Å². The quantitative estimate of drug-likeness (QED) is 0.114.